The molecule has 1 nitrogen and oxygen atoms in total. The minimum atomic E-state index is -2.02. The summed E-state index contributed by atoms with van der Waals surface area (Å²) in [7, 11) is -4.04. The van der Waals surface area contributed by atoms with Crippen LogP contribution in [0.15, 0.2) is 50.6 Å². The van der Waals surface area contributed by atoms with E-state index in [-0.39, 0.29) is 10.1 Å². The number of allylic oxidation sites excluding steroid dienone is 4. The van der Waals surface area contributed by atoms with Gasteiger partial charge >= 0.3 is 0 Å². The van der Waals surface area contributed by atoms with Crippen LogP contribution in [0.1, 0.15) is 40.5 Å². The van der Waals surface area contributed by atoms with E-state index in [0.717, 1.165) is 24.9 Å². The predicted molar refractivity (Wildman–Crippen MR) is 112 cm³/mol. The van der Waals surface area contributed by atoms with Gasteiger partial charge in [-0.15, -0.1) is 26.3 Å². The molecule has 0 radical (unpaired) electrons. The van der Waals surface area contributed by atoms with Crippen LogP contribution in [0.25, 0.3) is 0 Å². The summed E-state index contributed by atoms with van der Waals surface area (Å²) in [6, 6.07) is 1.94. The molecule has 0 heterocycles. The molecule has 3 heteroatoms. The molecule has 0 bridgehead atoms. The molecule has 0 saturated heterocycles. The van der Waals surface area contributed by atoms with Gasteiger partial charge in [-0.05, 0) is 48.1 Å². The van der Waals surface area contributed by atoms with E-state index in [1.54, 1.807) is 0 Å². The molecular formula is C20H38OSi2. The summed E-state index contributed by atoms with van der Waals surface area (Å²) >= 11 is 0. The van der Waals surface area contributed by atoms with E-state index in [9.17, 15) is 0 Å². The van der Waals surface area contributed by atoms with E-state index in [2.05, 4.69) is 67.1 Å². The van der Waals surface area contributed by atoms with Gasteiger partial charge < -0.3 is 4.12 Å². The van der Waals surface area contributed by atoms with Crippen molar-refractivity contribution >= 4 is 16.6 Å². The average molecular weight is 351 g/mol. The summed E-state index contributed by atoms with van der Waals surface area (Å²) in [5.41, 5.74) is 0. The summed E-state index contributed by atoms with van der Waals surface area (Å²) in [6.07, 6.45) is 10.1. The highest BCUT2D eigenvalue weighted by atomic mass is 28.4. The topological polar surface area (TPSA) is 9.23 Å². The van der Waals surface area contributed by atoms with Gasteiger partial charge in [0.2, 0.25) is 0 Å². The Morgan fingerprint density at radius 3 is 1.22 bits per heavy atom. The second kappa shape index (κ2) is 8.45. The summed E-state index contributed by atoms with van der Waals surface area (Å²) in [5.74, 6) is 0. The Balaban J connectivity index is 5.90. The molecule has 0 saturated carbocycles. The summed E-state index contributed by atoms with van der Waals surface area (Å²) in [5, 5.41) is 0.255. The average Bonchev–Trinajstić information content (AvgIpc) is 2.38. The monoisotopic (exact) mass is 350 g/mol. The molecule has 0 N–H and O–H groups in total. The van der Waals surface area contributed by atoms with Crippen LogP contribution in [-0.4, -0.2) is 16.6 Å². The fraction of sp³-hybridized carbons (Fsp3) is 0.600. The van der Waals surface area contributed by atoms with E-state index < -0.39 is 16.6 Å². The highest BCUT2D eigenvalue weighted by Crippen LogP contribution is 2.51. The Morgan fingerprint density at radius 1 is 0.696 bits per heavy atom. The first-order valence-electron chi connectivity index (χ1n) is 8.59. The zero-order valence-electron chi connectivity index (χ0n) is 16.4. The van der Waals surface area contributed by atoms with Crippen molar-refractivity contribution < 1.29 is 4.12 Å². The molecule has 0 aliphatic rings. The van der Waals surface area contributed by atoms with Gasteiger partial charge in [0, 0.05) is 0 Å². The quantitative estimate of drug-likeness (QED) is 0.266. The van der Waals surface area contributed by atoms with Gasteiger partial charge in [0.25, 0.3) is 0 Å². The molecule has 2 atom stereocenters. The van der Waals surface area contributed by atoms with Gasteiger partial charge in [-0.25, -0.2) is 0 Å². The lowest BCUT2D eigenvalue weighted by Crippen LogP contribution is -2.57. The molecule has 0 spiro atoms. The van der Waals surface area contributed by atoms with Crippen molar-refractivity contribution in [2.45, 2.75) is 75.8 Å². The van der Waals surface area contributed by atoms with E-state index in [1.165, 1.54) is 0 Å². The highest BCUT2D eigenvalue weighted by molar-refractivity contribution is 6.89. The van der Waals surface area contributed by atoms with Gasteiger partial charge in [-0.1, -0.05) is 52.0 Å². The molecule has 2 unspecified atom stereocenters. The van der Waals surface area contributed by atoms with Crippen LogP contribution in [0, 0.1) is 0 Å². The number of hydrogen-bond acceptors (Lipinski definition) is 1. The lowest BCUT2D eigenvalue weighted by atomic mass is 10.1. The van der Waals surface area contributed by atoms with Crippen molar-refractivity contribution in [1.82, 2.24) is 0 Å². The van der Waals surface area contributed by atoms with Gasteiger partial charge in [0.05, 0.1) is 0 Å². The van der Waals surface area contributed by atoms with Crippen molar-refractivity contribution in [2.75, 3.05) is 0 Å². The number of rotatable bonds is 12. The normalized spacial score (nSPS) is 17.7. The predicted octanol–water partition coefficient (Wildman–Crippen LogP) is 7.24. The van der Waals surface area contributed by atoms with Crippen LogP contribution >= 0.6 is 0 Å². The smallest absolute Gasteiger partial charge is 0.186 e. The van der Waals surface area contributed by atoms with Crippen LogP contribution in [0.4, 0.5) is 0 Å². The van der Waals surface area contributed by atoms with Crippen LogP contribution in [0.2, 0.25) is 35.3 Å². The molecule has 0 fully saturated rings. The summed E-state index contributed by atoms with van der Waals surface area (Å²) in [4.78, 5) is 0. The SMILES string of the molecule is C=CCC(C)(C)[Si](C)(CC=C)O[Si](C)(CC=C)C(C)(C)CC=C. The van der Waals surface area contributed by atoms with E-state index in [4.69, 9.17) is 4.12 Å². The fourth-order valence-electron chi connectivity index (χ4n) is 3.11. The van der Waals surface area contributed by atoms with Crippen molar-refractivity contribution in [3.05, 3.63) is 50.6 Å². The Bertz CT molecular complexity index is 399. The van der Waals surface area contributed by atoms with Crippen molar-refractivity contribution in [3.63, 3.8) is 0 Å². The van der Waals surface area contributed by atoms with Crippen LogP contribution in [0.5, 0.6) is 0 Å². The van der Waals surface area contributed by atoms with E-state index in [1.807, 2.05) is 24.3 Å². The third kappa shape index (κ3) is 5.16. The second-order valence-corrected chi connectivity index (χ2v) is 17.6. The van der Waals surface area contributed by atoms with Gasteiger partial charge in [-0.3, -0.25) is 0 Å². The molecule has 0 aromatic rings. The maximum Gasteiger partial charge on any atom is 0.186 e. The van der Waals surface area contributed by atoms with Crippen LogP contribution in [-0.2, 0) is 4.12 Å². The van der Waals surface area contributed by atoms with Gasteiger partial charge in [0.1, 0.15) is 0 Å². The maximum absolute atomic E-state index is 7.18. The van der Waals surface area contributed by atoms with E-state index >= 15 is 0 Å². The van der Waals surface area contributed by atoms with Crippen molar-refractivity contribution in [1.29, 1.82) is 0 Å². The Morgan fingerprint density at radius 2 is 1.00 bits per heavy atom. The molecule has 0 aliphatic carbocycles. The van der Waals surface area contributed by atoms with Crippen LogP contribution < -0.4 is 0 Å². The van der Waals surface area contributed by atoms with Crippen molar-refractivity contribution in [3.8, 4) is 0 Å². The Kier molecular flexibility index (Phi) is 8.21. The molecule has 0 aromatic heterocycles. The van der Waals surface area contributed by atoms with E-state index in [0.29, 0.717) is 0 Å². The molecule has 0 amide bonds. The summed E-state index contributed by atoms with van der Waals surface area (Å²) in [6.45, 7) is 30.0. The standard InChI is InChI=1S/C20H38OSi2/c1-11-15-19(5,6)22(9,17-13-3)21-23(10,18-14-4)20(7,8)16-12-2/h11-14H,1-4,15-18H2,5-10H3. The second-order valence-electron chi connectivity index (χ2n) is 8.30. The first kappa shape index (κ1) is 22.4. The molecule has 132 valence electrons. The minimum Gasteiger partial charge on any atom is -0.454 e. The molecule has 0 rings (SSSR count). The highest BCUT2D eigenvalue weighted by Gasteiger charge is 2.52. The van der Waals surface area contributed by atoms with Crippen molar-refractivity contribution in [2.24, 2.45) is 0 Å². The fourth-order valence-corrected chi connectivity index (χ4v) is 13.3. The third-order valence-electron chi connectivity index (χ3n) is 5.69. The van der Waals surface area contributed by atoms with Gasteiger partial charge in [0.15, 0.2) is 16.6 Å². The Labute approximate surface area is 147 Å². The maximum atomic E-state index is 7.18. The molecular weight excluding hydrogens is 312 g/mol. The minimum absolute atomic E-state index is 0.128. The molecule has 0 aliphatic heterocycles. The molecule has 23 heavy (non-hydrogen) atoms. The van der Waals surface area contributed by atoms with Gasteiger partial charge in [-0.2, -0.15) is 0 Å². The molecule has 0 aromatic carbocycles. The number of hydrogen-bond donors (Lipinski definition) is 0. The zero-order chi connectivity index (χ0) is 18.4. The summed E-state index contributed by atoms with van der Waals surface area (Å²) < 4.78 is 7.18. The third-order valence-corrected chi connectivity index (χ3v) is 17.6. The zero-order valence-corrected chi connectivity index (χ0v) is 18.4. The lowest BCUT2D eigenvalue weighted by Gasteiger charge is -2.51. The largest absolute Gasteiger partial charge is 0.454 e. The lowest BCUT2D eigenvalue weighted by molar-refractivity contribution is 0.423. The first-order chi connectivity index (χ1) is 10.4. The van der Waals surface area contributed by atoms with Crippen LogP contribution in [0.3, 0.4) is 0 Å². The first-order valence-corrected chi connectivity index (χ1v) is 13.8. The Hall–Kier alpha value is -0.646.